The predicted octanol–water partition coefficient (Wildman–Crippen LogP) is 4.19. The van der Waals surface area contributed by atoms with Crippen LogP contribution in [0.15, 0.2) is 65.1 Å². The Hall–Kier alpha value is -2.73. The molecule has 2 aromatic carbocycles. The molecule has 0 unspecified atom stereocenters. The minimum Gasteiger partial charge on any atom is -0.422 e. The SMILES string of the molecule is CN(C)c1ccc(C(=O)Oc2ccc(-c3ccc(Br)cc3)cc2)nn1. The molecule has 0 bridgehead atoms. The fourth-order valence-corrected chi connectivity index (χ4v) is 2.45. The molecule has 5 nitrogen and oxygen atoms in total. The van der Waals surface area contributed by atoms with Gasteiger partial charge >= 0.3 is 5.97 Å². The zero-order chi connectivity index (χ0) is 17.8. The number of esters is 1. The minimum atomic E-state index is -0.533. The summed E-state index contributed by atoms with van der Waals surface area (Å²) in [4.78, 5) is 14.0. The first-order valence-corrected chi connectivity index (χ1v) is 8.41. The molecule has 0 aliphatic heterocycles. The molecule has 0 atom stereocenters. The Morgan fingerprint density at radius 1 is 0.880 bits per heavy atom. The van der Waals surface area contributed by atoms with Gasteiger partial charge in [-0.3, -0.25) is 0 Å². The normalized spacial score (nSPS) is 10.4. The average Bonchev–Trinajstić information content (AvgIpc) is 2.63. The molecule has 0 radical (unpaired) electrons. The van der Waals surface area contributed by atoms with Crippen molar-refractivity contribution in [1.82, 2.24) is 10.2 Å². The molecule has 0 amide bonds. The number of halogens is 1. The molecule has 0 aliphatic rings. The van der Waals surface area contributed by atoms with Crippen LogP contribution in [0.4, 0.5) is 5.82 Å². The number of nitrogens with zero attached hydrogens (tertiary/aromatic N) is 3. The van der Waals surface area contributed by atoms with Gasteiger partial charge in [0.15, 0.2) is 11.5 Å². The Morgan fingerprint density at radius 2 is 1.48 bits per heavy atom. The van der Waals surface area contributed by atoms with E-state index in [1.54, 1.807) is 24.3 Å². The summed E-state index contributed by atoms with van der Waals surface area (Å²) in [5.74, 6) is 0.606. The van der Waals surface area contributed by atoms with Gasteiger partial charge in [0.1, 0.15) is 5.75 Å². The standard InChI is InChI=1S/C19H16BrN3O2/c1-23(2)18-12-11-17(21-22-18)19(24)25-16-9-5-14(6-10-16)13-3-7-15(20)8-4-13/h3-12H,1-2H3. The maximum absolute atomic E-state index is 12.1. The number of ether oxygens (including phenoxy) is 1. The van der Waals surface area contributed by atoms with Gasteiger partial charge in [-0.1, -0.05) is 40.2 Å². The molecule has 0 saturated heterocycles. The van der Waals surface area contributed by atoms with Gasteiger partial charge in [-0.15, -0.1) is 10.2 Å². The summed E-state index contributed by atoms with van der Waals surface area (Å²) in [6.45, 7) is 0. The van der Waals surface area contributed by atoms with Gasteiger partial charge in [0, 0.05) is 18.6 Å². The minimum absolute atomic E-state index is 0.169. The van der Waals surface area contributed by atoms with Crippen LogP contribution in [0.5, 0.6) is 5.75 Å². The molecule has 1 aromatic heterocycles. The Kier molecular flexibility index (Phi) is 5.09. The van der Waals surface area contributed by atoms with Crippen LogP contribution in [0, 0.1) is 0 Å². The zero-order valence-electron chi connectivity index (χ0n) is 13.8. The van der Waals surface area contributed by atoms with Crippen molar-refractivity contribution in [3.63, 3.8) is 0 Å². The summed E-state index contributed by atoms with van der Waals surface area (Å²) in [5.41, 5.74) is 2.30. The van der Waals surface area contributed by atoms with E-state index in [1.807, 2.05) is 55.4 Å². The largest absolute Gasteiger partial charge is 0.422 e. The molecule has 0 aliphatic carbocycles. The van der Waals surface area contributed by atoms with Crippen molar-refractivity contribution in [2.24, 2.45) is 0 Å². The number of hydrogen-bond acceptors (Lipinski definition) is 5. The van der Waals surface area contributed by atoms with Crippen molar-refractivity contribution in [1.29, 1.82) is 0 Å². The summed E-state index contributed by atoms with van der Waals surface area (Å²) in [6, 6.07) is 18.7. The van der Waals surface area contributed by atoms with Gasteiger partial charge in [-0.2, -0.15) is 0 Å². The summed E-state index contributed by atoms with van der Waals surface area (Å²) >= 11 is 3.42. The first kappa shape index (κ1) is 17.1. The molecule has 3 rings (SSSR count). The lowest BCUT2D eigenvalue weighted by atomic mass is 10.1. The fraction of sp³-hybridized carbons (Fsp3) is 0.105. The summed E-state index contributed by atoms with van der Waals surface area (Å²) in [5, 5.41) is 7.87. The van der Waals surface area contributed by atoms with Crippen LogP contribution in [-0.2, 0) is 0 Å². The van der Waals surface area contributed by atoms with E-state index in [-0.39, 0.29) is 5.69 Å². The third-order valence-electron chi connectivity index (χ3n) is 3.56. The number of carbonyl (C=O) groups is 1. The molecule has 0 saturated carbocycles. The number of carbonyl (C=O) groups excluding carboxylic acids is 1. The maximum Gasteiger partial charge on any atom is 0.364 e. The van der Waals surface area contributed by atoms with Crippen LogP contribution in [0.1, 0.15) is 10.5 Å². The summed E-state index contributed by atoms with van der Waals surface area (Å²) in [6.07, 6.45) is 0. The zero-order valence-corrected chi connectivity index (χ0v) is 15.4. The third-order valence-corrected chi connectivity index (χ3v) is 4.09. The first-order chi connectivity index (χ1) is 12.0. The number of aromatic nitrogens is 2. The molecule has 25 heavy (non-hydrogen) atoms. The van der Waals surface area contributed by atoms with E-state index in [4.69, 9.17) is 4.74 Å². The number of hydrogen-bond donors (Lipinski definition) is 0. The van der Waals surface area contributed by atoms with Crippen molar-refractivity contribution in [3.05, 3.63) is 70.8 Å². The lowest BCUT2D eigenvalue weighted by Gasteiger charge is -2.10. The Morgan fingerprint density at radius 3 is 2.00 bits per heavy atom. The van der Waals surface area contributed by atoms with E-state index < -0.39 is 5.97 Å². The van der Waals surface area contributed by atoms with Crippen LogP contribution in [0.25, 0.3) is 11.1 Å². The van der Waals surface area contributed by atoms with Gasteiger partial charge in [0.05, 0.1) is 0 Å². The molecule has 0 spiro atoms. The van der Waals surface area contributed by atoms with Crippen LogP contribution in [0.2, 0.25) is 0 Å². The molecule has 6 heteroatoms. The topological polar surface area (TPSA) is 55.3 Å². The quantitative estimate of drug-likeness (QED) is 0.487. The van der Waals surface area contributed by atoms with Gasteiger partial charge in [-0.25, -0.2) is 4.79 Å². The molecule has 126 valence electrons. The molecular weight excluding hydrogens is 382 g/mol. The van der Waals surface area contributed by atoms with Crippen LogP contribution in [-0.4, -0.2) is 30.3 Å². The van der Waals surface area contributed by atoms with Crippen molar-refractivity contribution >= 4 is 27.7 Å². The van der Waals surface area contributed by atoms with Gasteiger partial charge in [-0.05, 0) is 47.5 Å². The van der Waals surface area contributed by atoms with E-state index in [2.05, 4.69) is 26.1 Å². The van der Waals surface area contributed by atoms with Gasteiger partial charge in [0.2, 0.25) is 0 Å². The average molecular weight is 398 g/mol. The summed E-state index contributed by atoms with van der Waals surface area (Å²) in [7, 11) is 3.71. The smallest absolute Gasteiger partial charge is 0.364 e. The van der Waals surface area contributed by atoms with Crippen molar-refractivity contribution in [3.8, 4) is 16.9 Å². The van der Waals surface area contributed by atoms with Crippen molar-refractivity contribution < 1.29 is 9.53 Å². The lowest BCUT2D eigenvalue weighted by molar-refractivity contribution is 0.0727. The van der Waals surface area contributed by atoms with E-state index in [0.29, 0.717) is 11.6 Å². The Bertz CT molecular complexity index is 861. The monoisotopic (exact) mass is 397 g/mol. The Labute approximate surface area is 154 Å². The number of rotatable bonds is 4. The van der Waals surface area contributed by atoms with Crippen molar-refractivity contribution in [2.75, 3.05) is 19.0 Å². The number of benzene rings is 2. The predicted molar refractivity (Wildman–Crippen MR) is 101 cm³/mol. The third kappa shape index (κ3) is 4.22. The second-order valence-corrected chi connectivity index (χ2v) is 6.51. The highest BCUT2D eigenvalue weighted by Gasteiger charge is 2.12. The number of anilines is 1. The highest BCUT2D eigenvalue weighted by molar-refractivity contribution is 9.10. The Balaban J connectivity index is 1.70. The van der Waals surface area contributed by atoms with Crippen LogP contribution >= 0.6 is 15.9 Å². The molecule has 0 fully saturated rings. The van der Waals surface area contributed by atoms with Crippen LogP contribution < -0.4 is 9.64 Å². The van der Waals surface area contributed by atoms with E-state index in [0.717, 1.165) is 15.6 Å². The van der Waals surface area contributed by atoms with E-state index in [1.165, 1.54) is 0 Å². The van der Waals surface area contributed by atoms with Crippen molar-refractivity contribution in [2.45, 2.75) is 0 Å². The second kappa shape index (κ2) is 7.44. The highest BCUT2D eigenvalue weighted by Crippen LogP contribution is 2.24. The molecule has 1 heterocycles. The molecule has 0 N–H and O–H groups in total. The second-order valence-electron chi connectivity index (χ2n) is 5.59. The molecule has 3 aromatic rings. The lowest BCUT2D eigenvalue weighted by Crippen LogP contribution is -2.15. The van der Waals surface area contributed by atoms with Gasteiger partial charge in [0.25, 0.3) is 0 Å². The molecular formula is C19H16BrN3O2. The van der Waals surface area contributed by atoms with E-state index in [9.17, 15) is 4.79 Å². The van der Waals surface area contributed by atoms with E-state index >= 15 is 0 Å². The van der Waals surface area contributed by atoms with Crippen LogP contribution in [0.3, 0.4) is 0 Å². The summed E-state index contributed by atoms with van der Waals surface area (Å²) < 4.78 is 6.38. The first-order valence-electron chi connectivity index (χ1n) is 7.62. The highest BCUT2D eigenvalue weighted by atomic mass is 79.9. The maximum atomic E-state index is 12.1. The van der Waals surface area contributed by atoms with Gasteiger partial charge < -0.3 is 9.64 Å². The fourth-order valence-electron chi connectivity index (χ4n) is 2.19.